The molecule has 0 unspecified atom stereocenters. The Kier molecular flexibility index (Phi) is 10.6. The molecule has 0 atom stereocenters. The highest BCUT2D eigenvalue weighted by molar-refractivity contribution is 6.30. The molecule has 0 saturated carbocycles. The second-order valence-corrected chi connectivity index (χ2v) is 11.0. The molecule has 1 aliphatic rings. The number of imide groups is 1. The topological polar surface area (TPSA) is 124 Å². The molecule has 5 rings (SSSR count). The summed E-state index contributed by atoms with van der Waals surface area (Å²) >= 11 is 6.01. The van der Waals surface area contributed by atoms with Crippen LogP contribution in [0.3, 0.4) is 0 Å². The molecule has 3 aromatic carbocycles. The molecule has 0 N–H and O–H groups in total. The van der Waals surface area contributed by atoms with Crippen LogP contribution < -0.4 is 4.74 Å². The molecular formula is C36H31ClN4O6. The molecule has 4 aromatic rings. The smallest absolute Gasteiger partial charge is 0.302 e. The first-order valence-corrected chi connectivity index (χ1v) is 15.2. The third kappa shape index (κ3) is 8.02. The van der Waals surface area contributed by atoms with Crippen molar-refractivity contribution in [1.82, 2.24) is 14.7 Å². The van der Waals surface area contributed by atoms with Crippen molar-refractivity contribution in [2.45, 2.75) is 20.5 Å². The van der Waals surface area contributed by atoms with Crippen molar-refractivity contribution in [3.05, 3.63) is 118 Å². The average Bonchev–Trinajstić information content (AvgIpc) is 3.50. The zero-order valence-corrected chi connectivity index (χ0v) is 26.6. The van der Waals surface area contributed by atoms with Gasteiger partial charge in [-0.15, -0.1) is 0 Å². The second kappa shape index (κ2) is 15.2. The summed E-state index contributed by atoms with van der Waals surface area (Å²) in [5, 5.41) is 15.4. The van der Waals surface area contributed by atoms with Crippen LogP contribution in [0.2, 0.25) is 5.02 Å². The second-order valence-electron chi connectivity index (χ2n) is 10.5. The average molecular weight is 651 g/mol. The Morgan fingerprint density at radius 1 is 0.979 bits per heavy atom. The molecule has 238 valence electrons. The number of aromatic nitrogens is 2. The van der Waals surface area contributed by atoms with Crippen LogP contribution >= 0.6 is 11.6 Å². The van der Waals surface area contributed by atoms with Gasteiger partial charge in [-0.3, -0.25) is 19.3 Å². The molecule has 0 saturated heterocycles. The molecule has 0 spiro atoms. The Morgan fingerprint density at radius 2 is 1.74 bits per heavy atom. The van der Waals surface area contributed by atoms with Crippen molar-refractivity contribution in [3.63, 3.8) is 0 Å². The number of benzene rings is 3. The van der Waals surface area contributed by atoms with E-state index in [0.717, 1.165) is 21.7 Å². The zero-order chi connectivity index (χ0) is 33.3. The van der Waals surface area contributed by atoms with E-state index in [1.807, 2.05) is 72.8 Å². The van der Waals surface area contributed by atoms with Crippen molar-refractivity contribution in [3.8, 4) is 28.8 Å². The van der Waals surface area contributed by atoms with Gasteiger partial charge in [0, 0.05) is 34.8 Å². The van der Waals surface area contributed by atoms with Gasteiger partial charge < -0.3 is 14.2 Å². The first-order valence-electron chi connectivity index (χ1n) is 14.8. The SMILES string of the molecule is CC(=O)OCCOCCN1C(=O)C(C#N)=C(C)/C(=C\c2cn(-c3ccccc3)nc2-c2cccc(OCc3ccc(Cl)cc3)c2)C1=O. The summed E-state index contributed by atoms with van der Waals surface area (Å²) in [7, 11) is 0. The third-order valence-electron chi connectivity index (χ3n) is 7.31. The Labute approximate surface area is 277 Å². The minimum Gasteiger partial charge on any atom is -0.489 e. The van der Waals surface area contributed by atoms with Crippen LogP contribution in [0.25, 0.3) is 23.0 Å². The third-order valence-corrected chi connectivity index (χ3v) is 7.56. The fraction of sp³-hybridized carbons (Fsp3) is 0.194. The van der Waals surface area contributed by atoms with E-state index in [2.05, 4.69) is 0 Å². The van der Waals surface area contributed by atoms with E-state index < -0.39 is 17.8 Å². The van der Waals surface area contributed by atoms with E-state index in [4.69, 9.17) is 30.9 Å². The van der Waals surface area contributed by atoms with Crippen LogP contribution in [-0.4, -0.2) is 58.8 Å². The van der Waals surface area contributed by atoms with Gasteiger partial charge in [-0.1, -0.05) is 54.1 Å². The minimum absolute atomic E-state index is 0.00375. The van der Waals surface area contributed by atoms with Gasteiger partial charge in [0.25, 0.3) is 11.8 Å². The molecule has 2 heterocycles. The van der Waals surface area contributed by atoms with Crippen LogP contribution in [0.4, 0.5) is 0 Å². The van der Waals surface area contributed by atoms with Gasteiger partial charge in [-0.05, 0) is 60.5 Å². The molecule has 10 nitrogen and oxygen atoms in total. The van der Waals surface area contributed by atoms with Crippen LogP contribution in [0.15, 0.2) is 102 Å². The number of carbonyl (C=O) groups excluding carboxylic acids is 3. The lowest BCUT2D eigenvalue weighted by molar-refractivity contribution is -0.142. The van der Waals surface area contributed by atoms with Crippen molar-refractivity contribution < 1.29 is 28.6 Å². The van der Waals surface area contributed by atoms with Gasteiger partial charge >= 0.3 is 5.97 Å². The number of hydrogen-bond donors (Lipinski definition) is 0. The van der Waals surface area contributed by atoms with Crippen molar-refractivity contribution in [1.29, 1.82) is 5.26 Å². The fourth-order valence-corrected chi connectivity index (χ4v) is 5.03. The van der Waals surface area contributed by atoms with E-state index in [0.29, 0.717) is 28.6 Å². The summed E-state index contributed by atoms with van der Waals surface area (Å²) in [6, 6.07) is 26.3. The van der Waals surface area contributed by atoms with Crippen LogP contribution in [0.5, 0.6) is 5.75 Å². The van der Waals surface area contributed by atoms with E-state index in [1.165, 1.54) is 6.92 Å². The molecule has 11 heteroatoms. The Bertz CT molecular complexity index is 1890. The molecular weight excluding hydrogens is 620 g/mol. The molecule has 0 radical (unpaired) electrons. The van der Waals surface area contributed by atoms with E-state index in [-0.39, 0.29) is 43.1 Å². The predicted molar refractivity (Wildman–Crippen MR) is 175 cm³/mol. The highest BCUT2D eigenvalue weighted by atomic mass is 35.5. The molecule has 0 bridgehead atoms. The summed E-state index contributed by atoms with van der Waals surface area (Å²) in [6.07, 6.45) is 3.45. The Balaban J connectivity index is 1.48. The van der Waals surface area contributed by atoms with Crippen LogP contribution in [0.1, 0.15) is 25.0 Å². The number of ether oxygens (including phenoxy) is 3. The number of esters is 1. The fourth-order valence-electron chi connectivity index (χ4n) is 4.90. The summed E-state index contributed by atoms with van der Waals surface area (Å²) in [5.74, 6) is -1.07. The number of para-hydroxylation sites is 1. The van der Waals surface area contributed by atoms with Gasteiger partial charge in [0.15, 0.2) is 0 Å². The summed E-state index contributed by atoms with van der Waals surface area (Å²) in [4.78, 5) is 38.8. The monoisotopic (exact) mass is 650 g/mol. The normalized spacial score (nSPS) is 14.0. The molecule has 1 aliphatic heterocycles. The maximum atomic E-state index is 13.8. The number of nitrogens with zero attached hydrogens (tertiary/aromatic N) is 4. The van der Waals surface area contributed by atoms with Gasteiger partial charge in [-0.25, -0.2) is 4.68 Å². The maximum Gasteiger partial charge on any atom is 0.302 e. The summed E-state index contributed by atoms with van der Waals surface area (Å²) < 4.78 is 18.1. The standard InChI is InChI=1S/C36H31ClN4O6/c1-24-32(35(43)40(36(44)33(24)21-38)15-16-45-17-18-46-25(2)42)20-28-22-41(30-8-4-3-5-9-30)39-34(28)27-7-6-10-31(19-27)47-23-26-11-13-29(37)14-12-26/h3-14,19-20,22H,15-18,23H2,1-2H3/b32-20+. The van der Waals surface area contributed by atoms with Gasteiger partial charge in [0.2, 0.25) is 0 Å². The maximum absolute atomic E-state index is 13.8. The lowest BCUT2D eigenvalue weighted by Crippen LogP contribution is -2.44. The Morgan fingerprint density at radius 3 is 2.47 bits per heavy atom. The number of amides is 2. The first-order chi connectivity index (χ1) is 22.7. The lowest BCUT2D eigenvalue weighted by atomic mass is 9.93. The Hall–Kier alpha value is -5.50. The number of halogens is 1. The van der Waals surface area contributed by atoms with Gasteiger partial charge in [-0.2, -0.15) is 10.4 Å². The van der Waals surface area contributed by atoms with Gasteiger partial charge in [0.05, 0.1) is 25.4 Å². The summed E-state index contributed by atoms with van der Waals surface area (Å²) in [5.41, 5.74) is 3.98. The molecule has 0 fully saturated rings. The molecule has 0 aliphatic carbocycles. The number of rotatable bonds is 12. The van der Waals surface area contributed by atoms with Crippen LogP contribution in [-0.2, 0) is 30.5 Å². The number of hydrogen-bond acceptors (Lipinski definition) is 8. The largest absolute Gasteiger partial charge is 0.489 e. The summed E-state index contributed by atoms with van der Waals surface area (Å²) in [6.45, 7) is 3.28. The number of nitriles is 1. The van der Waals surface area contributed by atoms with Gasteiger partial charge in [0.1, 0.15) is 36.3 Å². The first kappa shape index (κ1) is 32.9. The molecule has 47 heavy (non-hydrogen) atoms. The van der Waals surface area contributed by atoms with Crippen molar-refractivity contribution in [2.24, 2.45) is 0 Å². The quantitative estimate of drug-likeness (QED) is 0.0798. The van der Waals surface area contributed by atoms with Crippen LogP contribution in [0, 0.1) is 11.3 Å². The van der Waals surface area contributed by atoms with Crippen molar-refractivity contribution in [2.75, 3.05) is 26.4 Å². The van der Waals surface area contributed by atoms with E-state index in [1.54, 1.807) is 36.0 Å². The highest BCUT2D eigenvalue weighted by Gasteiger charge is 2.35. The minimum atomic E-state index is -0.693. The lowest BCUT2D eigenvalue weighted by Gasteiger charge is -2.27. The van der Waals surface area contributed by atoms with E-state index in [9.17, 15) is 19.6 Å². The molecule has 1 aromatic heterocycles. The highest BCUT2D eigenvalue weighted by Crippen LogP contribution is 2.32. The van der Waals surface area contributed by atoms with E-state index >= 15 is 0 Å². The van der Waals surface area contributed by atoms with Crippen molar-refractivity contribution >= 4 is 35.5 Å². The zero-order valence-electron chi connectivity index (χ0n) is 25.8. The molecule has 2 amide bonds. The predicted octanol–water partition coefficient (Wildman–Crippen LogP) is 5.94. The number of carbonyl (C=O) groups is 3.